The normalized spacial score (nSPS) is 22.5. The molecule has 0 spiro atoms. The molecule has 2 heterocycles. The maximum absolute atomic E-state index is 13.7. The van der Waals surface area contributed by atoms with Crippen molar-refractivity contribution >= 4 is 19.5 Å². The largest absolute Gasteiger partial charge is 0.464 e. The Labute approximate surface area is 210 Å². The zero-order valence-corrected chi connectivity index (χ0v) is 22.1. The number of anilines is 1. The van der Waals surface area contributed by atoms with Gasteiger partial charge in [0.05, 0.1) is 19.3 Å². The van der Waals surface area contributed by atoms with E-state index < -0.39 is 37.8 Å². The third-order valence-corrected chi connectivity index (χ3v) is 6.97. The number of benzene rings is 1. The number of hydrogen-bond donors (Lipinski definition) is 2. The maximum atomic E-state index is 13.7. The summed E-state index contributed by atoms with van der Waals surface area (Å²) in [5.41, 5.74) is 4.84. The fourth-order valence-corrected chi connectivity index (χ4v) is 5.10. The van der Waals surface area contributed by atoms with Gasteiger partial charge in [-0.25, -0.2) is 9.36 Å². The fraction of sp³-hybridized carbons (Fsp3) is 0.542. The number of carbonyl (C=O) groups excluding carboxylic acids is 1. The van der Waals surface area contributed by atoms with Crippen LogP contribution in [0.4, 0.5) is 5.82 Å². The highest BCUT2D eigenvalue weighted by Crippen LogP contribution is 2.46. The fourth-order valence-electron chi connectivity index (χ4n) is 3.58. The molecule has 3 rings (SSSR count). The van der Waals surface area contributed by atoms with E-state index in [1.807, 2.05) is 27.7 Å². The van der Waals surface area contributed by atoms with E-state index in [2.05, 4.69) is 10.1 Å². The number of para-hydroxylation sites is 1. The minimum atomic E-state index is -4.02. The second-order valence-corrected chi connectivity index (χ2v) is 11.8. The van der Waals surface area contributed by atoms with E-state index in [1.165, 1.54) is 23.8 Å². The summed E-state index contributed by atoms with van der Waals surface area (Å²) in [7, 11) is -4.02. The van der Waals surface area contributed by atoms with E-state index in [0.29, 0.717) is 12.2 Å². The third-order valence-electron chi connectivity index (χ3n) is 5.33. The van der Waals surface area contributed by atoms with Crippen molar-refractivity contribution < 1.29 is 27.9 Å². The number of esters is 1. The van der Waals surface area contributed by atoms with Gasteiger partial charge in [0.2, 0.25) is 0 Å². The summed E-state index contributed by atoms with van der Waals surface area (Å²) in [5, 5.41) is 2.67. The molecule has 1 aliphatic rings. The summed E-state index contributed by atoms with van der Waals surface area (Å²) >= 11 is 0. The van der Waals surface area contributed by atoms with E-state index in [1.54, 1.807) is 30.3 Å². The Morgan fingerprint density at radius 2 is 2.00 bits per heavy atom. The first-order valence-electron chi connectivity index (χ1n) is 11.8. The van der Waals surface area contributed by atoms with E-state index >= 15 is 0 Å². The van der Waals surface area contributed by atoms with Crippen LogP contribution in [0.1, 0.15) is 47.3 Å². The number of aromatic nitrogens is 2. The third kappa shape index (κ3) is 7.89. The molecule has 1 aromatic carbocycles. The first kappa shape index (κ1) is 27.9. The van der Waals surface area contributed by atoms with Crippen molar-refractivity contribution in [2.75, 3.05) is 18.9 Å². The van der Waals surface area contributed by atoms with Crippen molar-refractivity contribution in [3.63, 3.8) is 0 Å². The van der Waals surface area contributed by atoms with Crippen molar-refractivity contribution in [3.8, 4) is 5.75 Å². The summed E-state index contributed by atoms with van der Waals surface area (Å²) in [6.07, 6.45) is 1.01. The van der Waals surface area contributed by atoms with Crippen LogP contribution in [0.25, 0.3) is 0 Å². The maximum Gasteiger partial charge on any atom is 0.459 e. The number of nitrogens with zero attached hydrogens (tertiary/aromatic N) is 2. The van der Waals surface area contributed by atoms with Crippen molar-refractivity contribution in [2.24, 2.45) is 11.3 Å². The van der Waals surface area contributed by atoms with E-state index in [9.17, 15) is 14.2 Å². The van der Waals surface area contributed by atoms with Gasteiger partial charge >= 0.3 is 19.4 Å². The van der Waals surface area contributed by atoms with Gasteiger partial charge in [-0.15, -0.1) is 0 Å². The van der Waals surface area contributed by atoms with E-state index in [0.717, 1.165) is 0 Å². The number of ether oxygens (including phenoxy) is 2. The van der Waals surface area contributed by atoms with Crippen LogP contribution in [0.3, 0.4) is 0 Å². The van der Waals surface area contributed by atoms with Crippen LogP contribution in [0.2, 0.25) is 0 Å². The molecular formula is C24H35N4O7P. The Balaban J connectivity index is 1.69. The van der Waals surface area contributed by atoms with Crippen LogP contribution in [-0.2, 0) is 23.4 Å². The standard InChI is InChI=1S/C24H35N4O7P/c1-16-13-19(34-21(16)28-12-11-20(25)26-23(28)30)14-33-36(31,35-18-9-7-6-8-10-18)27-17(2)22(29)32-15-24(3,4)5/h6-12,16-17,19,21H,13-15H2,1-5H3,(H,27,31)(H2,25,26,30). The highest BCUT2D eigenvalue weighted by molar-refractivity contribution is 7.52. The highest BCUT2D eigenvalue weighted by Gasteiger charge is 2.38. The van der Waals surface area contributed by atoms with Gasteiger partial charge in [0.1, 0.15) is 23.8 Å². The summed E-state index contributed by atoms with van der Waals surface area (Å²) < 4.78 is 37.8. The van der Waals surface area contributed by atoms with Crippen LogP contribution in [0.15, 0.2) is 47.4 Å². The number of nitrogen functional groups attached to an aromatic ring is 1. The average Bonchev–Trinajstić information content (AvgIpc) is 3.16. The molecular weight excluding hydrogens is 487 g/mol. The lowest BCUT2D eigenvalue weighted by Gasteiger charge is -2.25. The molecule has 1 saturated heterocycles. The van der Waals surface area contributed by atoms with Gasteiger partial charge < -0.3 is 19.7 Å². The second-order valence-electron chi connectivity index (χ2n) is 10.1. The number of rotatable bonds is 10. The lowest BCUT2D eigenvalue weighted by molar-refractivity contribution is -0.148. The minimum absolute atomic E-state index is 0.0459. The van der Waals surface area contributed by atoms with Crippen LogP contribution in [0, 0.1) is 11.3 Å². The van der Waals surface area contributed by atoms with E-state index in [4.69, 9.17) is 24.3 Å². The Kier molecular flexibility index (Phi) is 8.94. The van der Waals surface area contributed by atoms with Crippen molar-refractivity contribution in [2.45, 2.75) is 59.4 Å². The highest BCUT2D eigenvalue weighted by atomic mass is 31.2. The van der Waals surface area contributed by atoms with E-state index in [-0.39, 0.29) is 30.4 Å². The molecule has 0 saturated carbocycles. The summed E-state index contributed by atoms with van der Waals surface area (Å²) in [5.74, 6) is -0.189. The van der Waals surface area contributed by atoms with Gasteiger partial charge in [-0.1, -0.05) is 45.9 Å². The van der Waals surface area contributed by atoms with Gasteiger partial charge in [0.25, 0.3) is 0 Å². The Morgan fingerprint density at radius 3 is 2.64 bits per heavy atom. The Hall–Kier alpha value is -2.72. The molecule has 11 nitrogen and oxygen atoms in total. The summed E-state index contributed by atoms with van der Waals surface area (Å²) in [6, 6.07) is 9.07. The van der Waals surface area contributed by atoms with Gasteiger partial charge in [0.15, 0.2) is 0 Å². The molecule has 5 unspecified atom stereocenters. The molecule has 0 aliphatic carbocycles. The predicted molar refractivity (Wildman–Crippen MR) is 134 cm³/mol. The molecule has 5 atom stereocenters. The number of nitrogens with one attached hydrogen (secondary N) is 1. The molecule has 3 N–H and O–H groups in total. The number of carbonyl (C=O) groups is 1. The molecule has 1 aliphatic heterocycles. The molecule has 198 valence electrons. The Bertz CT molecular complexity index is 1140. The average molecular weight is 523 g/mol. The predicted octanol–water partition coefficient (Wildman–Crippen LogP) is 3.52. The van der Waals surface area contributed by atoms with Gasteiger partial charge in [0, 0.05) is 12.1 Å². The smallest absolute Gasteiger partial charge is 0.459 e. The quantitative estimate of drug-likeness (QED) is 0.351. The molecule has 2 aromatic rings. The molecule has 36 heavy (non-hydrogen) atoms. The van der Waals surface area contributed by atoms with Gasteiger partial charge in [-0.05, 0) is 37.0 Å². The summed E-state index contributed by atoms with van der Waals surface area (Å²) in [6.45, 7) is 9.38. The lowest BCUT2D eigenvalue weighted by atomic mass is 9.99. The van der Waals surface area contributed by atoms with Crippen LogP contribution >= 0.6 is 7.75 Å². The topological polar surface area (TPSA) is 144 Å². The lowest BCUT2D eigenvalue weighted by Crippen LogP contribution is -2.37. The van der Waals surface area contributed by atoms with Crippen molar-refractivity contribution in [3.05, 3.63) is 53.1 Å². The second kappa shape index (κ2) is 11.6. The molecule has 1 fully saturated rings. The molecule has 0 bridgehead atoms. The molecule has 1 aromatic heterocycles. The zero-order chi connectivity index (χ0) is 26.5. The van der Waals surface area contributed by atoms with Crippen LogP contribution in [-0.4, -0.2) is 40.9 Å². The minimum Gasteiger partial charge on any atom is -0.464 e. The Morgan fingerprint density at radius 1 is 1.31 bits per heavy atom. The van der Waals surface area contributed by atoms with Gasteiger partial charge in [-0.3, -0.25) is 13.9 Å². The van der Waals surface area contributed by atoms with Crippen molar-refractivity contribution in [1.82, 2.24) is 14.6 Å². The van der Waals surface area contributed by atoms with Crippen molar-refractivity contribution in [1.29, 1.82) is 0 Å². The first-order chi connectivity index (χ1) is 16.8. The number of nitrogens with two attached hydrogens (primary N) is 1. The first-order valence-corrected chi connectivity index (χ1v) is 13.3. The van der Waals surface area contributed by atoms with Gasteiger partial charge in [-0.2, -0.15) is 10.1 Å². The summed E-state index contributed by atoms with van der Waals surface area (Å²) in [4.78, 5) is 28.5. The SMILES string of the molecule is CC(NP(=O)(OCC1CC(C)C(n2ccc(N)nc2=O)O1)Oc1ccccc1)C(=O)OCC(C)(C)C. The van der Waals surface area contributed by atoms with Crippen LogP contribution in [0.5, 0.6) is 5.75 Å². The monoisotopic (exact) mass is 522 g/mol. The molecule has 0 radical (unpaired) electrons. The molecule has 12 heteroatoms. The zero-order valence-electron chi connectivity index (χ0n) is 21.2. The van der Waals surface area contributed by atoms with Crippen LogP contribution < -0.4 is 21.0 Å². The molecule has 0 amide bonds. The number of hydrogen-bond acceptors (Lipinski definition) is 9.